The van der Waals surface area contributed by atoms with E-state index in [9.17, 15) is 22.8 Å². The Kier molecular flexibility index (Phi) is 5.86. The van der Waals surface area contributed by atoms with Crippen molar-refractivity contribution in [3.63, 3.8) is 0 Å². The Morgan fingerprint density at radius 3 is 2.23 bits per heavy atom. The van der Waals surface area contributed by atoms with Crippen molar-refractivity contribution >= 4 is 23.2 Å². The van der Waals surface area contributed by atoms with Gasteiger partial charge in [0.1, 0.15) is 5.75 Å². The zero-order valence-electron chi connectivity index (χ0n) is 14.1. The molecule has 2 rings (SSSR count). The molecule has 0 fully saturated rings. The molecule has 0 radical (unpaired) electrons. The van der Waals surface area contributed by atoms with Gasteiger partial charge in [-0.25, -0.2) is 0 Å². The molecule has 0 aliphatic rings. The highest BCUT2D eigenvalue weighted by molar-refractivity contribution is 5.95. The van der Waals surface area contributed by atoms with Crippen LogP contribution in [0.25, 0.3) is 0 Å². The number of benzene rings is 2. The Bertz CT molecular complexity index is 802. The van der Waals surface area contributed by atoms with Crippen LogP contribution in [-0.4, -0.2) is 18.9 Å². The fourth-order valence-electron chi connectivity index (χ4n) is 2.28. The number of alkyl halides is 3. The maximum absolute atomic E-state index is 12.6. The highest BCUT2D eigenvalue weighted by Crippen LogP contribution is 2.30. The van der Waals surface area contributed by atoms with Crippen LogP contribution in [0.2, 0.25) is 0 Å². The average molecular weight is 366 g/mol. The monoisotopic (exact) mass is 366 g/mol. The van der Waals surface area contributed by atoms with E-state index < -0.39 is 17.6 Å². The minimum absolute atomic E-state index is 0.106. The third-order valence-electron chi connectivity index (χ3n) is 3.44. The van der Waals surface area contributed by atoms with E-state index >= 15 is 0 Å². The van der Waals surface area contributed by atoms with Crippen molar-refractivity contribution in [1.82, 2.24) is 0 Å². The minimum atomic E-state index is -4.42. The zero-order valence-corrected chi connectivity index (χ0v) is 14.1. The molecule has 2 aromatic carbocycles. The first kappa shape index (κ1) is 19.3. The molecular formula is C18H17F3N2O3. The van der Waals surface area contributed by atoms with Crippen LogP contribution in [-0.2, 0) is 22.2 Å². The summed E-state index contributed by atoms with van der Waals surface area (Å²) in [6.45, 7) is 1.35. The fourth-order valence-corrected chi connectivity index (χ4v) is 2.28. The first-order valence-corrected chi connectivity index (χ1v) is 7.60. The van der Waals surface area contributed by atoms with Crippen molar-refractivity contribution in [1.29, 1.82) is 0 Å². The topological polar surface area (TPSA) is 67.4 Å². The Morgan fingerprint density at radius 2 is 1.69 bits per heavy atom. The maximum Gasteiger partial charge on any atom is 0.416 e. The van der Waals surface area contributed by atoms with Gasteiger partial charge in [0.25, 0.3) is 0 Å². The molecule has 26 heavy (non-hydrogen) atoms. The number of anilines is 2. The van der Waals surface area contributed by atoms with E-state index in [0.29, 0.717) is 22.7 Å². The lowest BCUT2D eigenvalue weighted by molar-refractivity contribution is -0.137. The molecule has 0 spiro atoms. The number of halogens is 3. The van der Waals surface area contributed by atoms with Gasteiger partial charge in [-0.3, -0.25) is 9.59 Å². The number of nitrogens with one attached hydrogen (secondary N) is 2. The molecule has 0 saturated carbocycles. The predicted molar refractivity (Wildman–Crippen MR) is 91.1 cm³/mol. The van der Waals surface area contributed by atoms with Gasteiger partial charge < -0.3 is 15.4 Å². The summed E-state index contributed by atoms with van der Waals surface area (Å²) in [6, 6.07) is 9.11. The highest BCUT2D eigenvalue weighted by atomic mass is 19.4. The average Bonchev–Trinajstić information content (AvgIpc) is 2.54. The number of methoxy groups -OCH3 is 1. The largest absolute Gasteiger partial charge is 0.495 e. The van der Waals surface area contributed by atoms with Gasteiger partial charge in [0.2, 0.25) is 11.8 Å². The van der Waals surface area contributed by atoms with Gasteiger partial charge in [-0.15, -0.1) is 0 Å². The van der Waals surface area contributed by atoms with Crippen LogP contribution in [0.3, 0.4) is 0 Å². The molecule has 2 aromatic rings. The third-order valence-corrected chi connectivity index (χ3v) is 3.44. The summed E-state index contributed by atoms with van der Waals surface area (Å²) in [6.07, 6.45) is -4.52. The second-order valence-corrected chi connectivity index (χ2v) is 5.52. The molecule has 0 bridgehead atoms. The van der Waals surface area contributed by atoms with Crippen LogP contribution in [0.4, 0.5) is 24.5 Å². The van der Waals surface area contributed by atoms with E-state index in [2.05, 4.69) is 10.6 Å². The SMILES string of the molecule is COc1ccc(NC(C)=O)cc1NC(=O)Cc1ccc(C(F)(F)F)cc1. The van der Waals surface area contributed by atoms with Gasteiger partial charge in [-0.1, -0.05) is 12.1 Å². The van der Waals surface area contributed by atoms with E-state index in [-0.39, 0.29) is 12.3 Å². The molecule has 5 nitrogen and oxygen atoms in total. The lowest BCUT2D eigenvalue weighted by Crippen LogP contribution is -2.16. The Hall–Kier alpha value is -3.03. The molecule has 2 N–H and O–H groups in total. The molecule has 0 aliphatic heterocycles. The van der Waals surface area contributed by atoms with Crippen LogP contribution in [0.15, 0.2) is 42.5 Å². The fraction of sp³-hybridized carbons (Fsp3) is 0.222. The van der Waals surface area contributed by atoms with Crippen LogP contribution in [0, 0.1) is 0 Å². The quantitative estimate of drug-likeness (QED) is 0.845. The van der Waals surface area contributed by atoms with Crippen molar-refractivity contribution in [2.24, 2.45) is 0 Å². The van der Waals surface area contributed by atoms with Gasteiger partial charge >= 0.3 is 6.18 Å². The number of carbonyl (C=O) groups excluding carboxylic acids is 2. The van der Waals surface area contributed by atoms with Gasteiger partial charge in [0.05, 0.1) is 24.8 Å². The van der Waals surface area contributed by atoms with Gasteiger partial charge in [-0.2, -0.15) is 13.2 Å². The summed E-state index contributed by atoms with van der Waals surface area (Å²) in [4.78, 5) is 23.3. The summed E-state index contributed by atoms with van der Waals surface area (Å²) in [5, 5.41) is 5.22. The third kappa shape index (κ3) is 5.23. The molecular weight excluding hydrogens is 349 g/mol. The van der Waals surface area contributed by atoms with Crippen molar-refractivity contribution in [2.45, 2.75) is 19.5 Å². The van der Waals surface area contributed by atoms with Crippen LogP contribution < -0.4 is 15.4 Å². The summed E-state index contributed by atoms with van der Waals surface area (Å²) in [7, 11) is 1.43. The molecule has 0 atom stereocenters. The molecule has 0 unspecified atom stereocenters. The van der Waals surface area contributed by atoms with E-state index in [4.69, 9.17) is 4.74 Å². The normalized spacial score (nSPS) is 11.0. The first-order chi connectivity index (χ1) is 12.2. The van der Waals surface area contributed by atoms with Crippen LogP contribution >= 0.6 is 0 Å². The molecule has 8 heteroatoms. The van der Waals surface area contributed by atoms with Crippen molar-refractivity contribution in [3.8, 4) is 5.75 Å². The Labute approximate surface area is 148 Å². The molecule has 0 aliphatic carbocycles. The molecule has 0 saturated heterocycles. The van der Waals surface area contributed by atoms with E-state index in [1.165, 1.54) is 32.2 Å². The van der Waals surface area contributed by atoms with Crippen LogP contribution in [0.1, 0.15) is 18.1 Å². The standard InChI is InChI=1S/C18H17F3N2O3/c1-11(24)22-14-7-8-16(26-2)15(10-14)23-17(25)9-12-3-5-13(6-4-12)18(19,20)21/h3-8,10H,9H2,1-2H3,(H,22,24)(H,23,25). The van der Waals surface area contributed by atoms with Crippen molar-refractivity contribution in [2.75, 3.05) is 17.7 Å². The summed E-state index contributed by atoms with van der Waals surface area (Å²) in [5.74, 6) is -0.305. The van der Waals surface area contributed by atoms with E-state index in [0.717, 1.165) is 12.1 Å². The smallest absolute Gasteiger partial charge is 0.416 e. The Balaban J connectivity index is 2.10. The lowest BCUT2D eigenvalue weighted by Gasteiger charge is -2.13. The predicted octanol–water partition coefficient (Wildman–Crippen LogP) is 3.85. The summed E-state index contributed by atoms with van der Waals surface area (Å²) in [5.41, 5.74) is 0.484. The van der Waals surface area contributed by atoms with E-state index in [1.807, 2.05) is 0 Å². The molecule has 0 heterocycles. The molecule has 0 aromatic heterocycles. The van der Waals surface area contributed by atoms with Crippen LogP contribution in [0.5, 0.6) is 5.75 Å². The number of rotatable bonds is 5. The second kappa shape index (κ2) is 7.90. The number of carbonyl (C=O) groups is 2. The summed E-state index contributed by atoms with van der Waals surface area (Å²) < 4.78 is 42.8. The van der Waals surface area contributed by atoms with Gasteiger partial charge in [-0.05, 0) is 35.9 Å². The highest BCUT2D eigenvalue weighted by Gasteiger charge is 2.29. The lowest BCUT2D eigenvalue weighted by atomic mass is 10.1. The zero-order chi connectivity index (χ0) is 19.3. The Morgan fingerprint density at radius 1 is 1.04 bits per heavy atom. The second-order valence-electron chi connectivity index (χ2n) is 5.52. The minimum Gasteiger partial charge on any atom is -0.495 e. The van der Waals surface area contributed by atoms with Gasteiger partial charge in [0.15, 0.2) is 0 Å². The molecule has 2 amide bonds. The van der Waals surface area contributed by atoms with Crippen molar-refractivity contribution < 1.29 is 27.5 Å². The maximum atomic E-state index is 12.6. The van der Waals surface area contributed by atoms with E-state index in [1.54, 1.807) is 12.1 Å². The number of hydrogen-bond acceptors (Lipinski definition) is 3. The van der Waals surface area contributed by atoms with Gasteiger partial charge in [0, 0.05) is 12.6 Å². The molecule has 138 valence electrons. The number of hydrogen-bond donors (Lipinski definition) is 2. The number of ether oxygens (including phenoxy) is 1. The first-order valence-electron chi connectivity index (χ1n) is 7.60. The van der Waals surface area contributed by atoms with Crippen molar-refractivity contribution in [3.05, 3.63) is 53.6 Å². The number of amides is 2. The summed E-state index contributed by atoms with van der Waals surface area (Å²) >= 11 is 0.